The molecule has 0 amide bonds. The number of aromatic nitrogens is 4. The summed E-state index contributed by atoms with van der Waals surface area (Å²) in [6, 6.07) is 30.3. The second kappa shape index (κ2) is 14.2. The molecule has 2 aromatic heterocycles. The van der Waals surface area contributed by atoms with Crippen LogP contribution in [0.2, 0.25) is 0 Å². The molecule has 2 fully saturated rings. The molecular formula is C38H42N6O2. The minimum Gasteiger partial charge on any atom is -0.486 e. The summed E-state index contributed by atoms with van der Waals surface area (Å²) in [4.78, 5) is 18.6. The predicted molar refractivity (Wildman–Crippen MR) is 183 cm³/mol. The fourth-order valence-electron chi connectivity index (χ4n) is 6.81. The van der Waals surface area contributed by atoms with Gasteiger partial charge in [0, 0.05) is 50.0 Å². The highest BCUT2D eigenvalue weighted by molar-refractivity contribution is 5.63. The first-order valence-electron chi connectivity index (χ1n) is 16.7. The molecule has 3 aromatic carbocycles. The van der Waals surface area contributed by atoms with Gasteiger partial charge in [-0.05, 0) is 36.6 Å². The van der Waals surface area contributed by atoms with Crippen molar-refractivity contribution in [3.8, 4) is 28.4 Å². The van der Waals surface area contributed by atoms with Crippen LogP contribution in [0.15, 0.2) is 108 Å². The van der Waals surface area contributed by atoms with Gasteiger partial charge in [0.25, 0.3) is 0 Å². The fourth-order valence-corrected chi connectivity index (χ4v) is 6.81. The lowest BCUT2D eigenvalue weighted by molar-refractivity contribution is 0.237. The zero-order valence-corrected chi connectivity index (χ0v) is 26.4. The number of nitrogens with zero attached hydrogens (tertiary/aromatic N) is 6. The quantitative estimate of drug-likeness (QED) is 0.173. The van der Waals surface area contributed by atoms with Crippen molar-refractivity contribution in [1.29, 1.82) is 0 Å². The topological polar surface area (TPSA) is 68.4 Å². The average Bonchev–Trinajstić information content (AvgIpc) is 3.54. The van der Waals surface area contributed by atoms with Crippen LogP contribution in [0.4, 0.5) is 5.69 Å². The number of piperazine rings is 1. The summed E-state index contributed by atoms with van der Waals surface area (Å²) in [5.41, 5.74) is 5.70. The highest BCUT2D eigenvalue weighted by Gasteiger charge is 2.25. The maximum Gasteiger partial charge on any atom is 0.316 e. The molecule has 0 atom stereocenters. The van der Waals surface area contributed by atoms with Gasteiger partial charge in [0.05, 0.1) is 29.9 Å². The van der Waals surface area contributed by atoms with E-state index in [1.54, 1.807) is 0 Å². The molecule has 0 unspecified atom stereocenters. The summed E-state index contributed by atoms with van der Waals surface area (Å²) in [6.07, 6.45) is 11.4. The number of ether oxygens (including phenoxy) is 1. The molecule has 2 aliphatic rings. The number of hydrogen-bond acceptors (Lipinski definition) is 6. The van der Waals surface area contributed by atoms with E-state index in [0.717, 1.165) is 67.5 Å². The van der Waals surface area contributed by atoms with E-state index in [4.69, 9.17) is 9.84 Å². The van der Waals surface area contributed by atoms with Crippen LogP contribution in [-0.2, 0) is 6.54 Å². The average molecular weight is 615 g/mol. The van der Waals surface area contributed by atoms with Gasteiger partial charge in [0.1, 0.15) is 5.69 Å². The van der Waals surface area contributed by atoms with Crippen molar-refractivity contribution in [2.45, 2.75) is 45.1 Å². The molecule has 8 nitrogen and oxygen atoms in total. The first-order chi connectivity index (χ1) is 22.7. The van der Waals surface area contributed by atoms with Gasteiger partial charge < -0.3 is 9.64 Å². The minimum absolute atomic E-state index is 0.199. The van der Waals surface area contributed by atoms with E-state index >= 15 is 0 Å². The maximum atomic E-state index is 13.8. The molecular weight excluding hydrogens is 572 g/mol. The van der Waals surface area contributed by atoms with Gasteiger partial charge in [-0.25, -0.2) is 4.68 Å². The summed E-state index contributed by atoms with van der Waals surface area (Å²) in [7, 11) is 0. The summed E-state index contributed by atoms with van der Waals surface area (Å²) < 4.78 is 9.83. The van der Waals surface area contributed by atoms with Crippen LogP contribution in [0.1, 0.15) is 44.1 Å². The van der Waals surface area contributed by atoms with E-state index in [1.807, 2.05) is 65.5 Å². The molecule has 1 saturated carbocycles. The molecule has 0 spiro atoms. The second-order valence-electron chi connectivity index (χ2n) is 12.5. The normalized spacial score (nSPS) is 16.0. The molecule has 1 saturated heterocycles. The Morgan fingerprint density at radius 2 is 1.41 bits per heavy atom. The van der Waals surface area contributed by atoms with E-state index in [9.17, 15) is 4.79 Å². The third kappa shape index (κ3) is 6.77. The molecule has 236 valence electrons. The standard InChI is InChI=1S/C38H42N6O2/c45-38-37(46-26-21-30-13-5-1-6-14-30)35(27-39-44(38)34-19-11-4-12-20-34)42-24-22-41(23-25-42)28-32-29-43(33-17-9-3-10-18-33)40-36(32)31-15-7-2-8-16-31/h2-4,7-12,15-20,27,29-30H,1,5-6,13-14,21-26,28H2. The molecule has 0 N–H and O–H groups in total. The molecule has 1 aliphatic carbocycles. The van der Waals surface area contributed by atoms with Gasteiger partial charge in [0.15, 0.2) is 0 Å². The van der Waals surface area contributed by atoms with Crippen molar-refractivity contribution >= 4 is 5.69 Å². The minimum atomic E-state index is -0.199. The third-order valence-electron chi connectivity index (χ3n) is 9.38. The molecule has 3 heterocycles. The van der Waals surface area contributed by atoms with Crippen LogP contribution in [0.5, 0.6) is 5.75 Å². The van der Waals surface area contributed by atoms with Crippen LogP contribution in [0.25, 0.3) is 22.6 Å². The van der Waals surface area contributed by atoms with Gasteiger partial charge in [0.2, 0.25) is 5.75 Å². The van der Waals surface area contributed by atoms with Gasteiger partial charge >= 0.3 is 5.56 Å². The Morgan fingerprint density at radius 1 is 0.761 bits per heavy atom. The lowest BCUT2D eigenvalue weighted by Gasteiger charge is -2.36. The molecule has 7 rings (SSSR count). The Kier molecular flexibility index (Phi) is 9.24. The predicted octanol–water partition coefficient (Wildman–Crippen LogP) is 6.76. The van der Waals surface area contributed by atoms with Gasteiger partial charge in [-0.15, -0.1) is 0 Å². The summed E-state index contributed by atoms with van der Waals surface area (Å²) in [6.45, 7) is 4.62. The third-order valence-corrected chi connectivity index (χ3v) is 9.38. The first-order valence-corrected chi connectivity index (χ1v) is 16.7. The Bertz CT molecular complexity index is 1760. The van der Waals surface area contributed by atoms with Crippen LogP contribution in [0, 0.1) is 5.92 Å². The summed E-state index contributed by atoms with van der Waals surface area (Å²) >= 11 is 0. The highest BCUT2D eigenvalue weighted by atomic mass is 16.5. The molecule has 1 aliphatic heterocycles. The van der Waals surface area contributed by atoms with Crippen LogP contribution < -0.4 is 15.2 Å². The van der Waals surface area contributed by atoms with E-state index in [2.05, 4.69) is 57.5 Å². The molecule has 0 radical (unpaired) electrons. The number of anilines is 1. The van der Waals surface area contributed by atoms with E-state index in [0.29, 0.717) is 18.3 Å². The number of hydrogen-bond donors (Lipinski definition) is 0. The Hall–Kier alpha value is -4.69. The summed E-state index contributed by atoms with van der Waals surface area (Å²) in [5.74, 6) is 1.10. The number of benzene rings is 3. The van der Waals surface area contributed by atoms with E-state index in [-0.39, 0.29) is 5.56 Å². The monoisotopic (exact) mass is 614 g/mol. The number of rotatable bonds is 10. The lowest BCUT2D eigenvalue weighted by atomic mass is 9.87. The van der Waals surface area contributed by atoms with Gasteiger partial charge in [-0.2, -0.15) is 14.9 Å². The SMILES string of the molecule is O=c1c(OCCC2CCCCC2)c(N2CCN(Cc3cn(-c4ccccc4)nc3-c3ccccc3)CC2)cnn1-c1ccccc1. The Morgan fingerprint density at radius 3 is 2.11 bits per heavy atom. The van der Waals surface area contributed by atoms with Gasteiger partial charge in [-0.3, -0.25) is 9.69 Å². The van der Waals surface area contributed by atoms with Crippen LogP contribution in [-0.4, -0.2) is 57.2 Å². The van der Waals surface area contributed by atoms with Gasteiger partial charge in [-0.1, -0.05) is 98.8 Å². The first kappa shape index (κ1) is 30.0. The van der Waals surface area contributed by atoms with Crippen molar-refractivity contribution in [2.24, 2.45) is 5.92 Å². The van der Waals surface area contributed by atoms with Crippen molar-refractivity contribution in [3.05, 3.63) is 119 Å². The van der Waals surface area contributed by atoms with Crippen molar-refractivity contribution < 1.29 is 4.74 Å². The van der Waals surface area contributed by atoms with E-state index < -0.39 is 0 Å². The largest absolute Gasteiger partial charge is 0.486 e. The molecule has 0 bridgehead atoms. The van der Waals surface area contributed by atoms with E-state index in [1.165, 1.54) is 42.3 Å². The fraction of sp³-hybridized carbons (Fsp3) is 0.342. The smallest absolute Gasteiger partial charge is 0.316 e. The highest BCUT2D eigenvalue weighted by Crippen LogP contribution is 2.30. The molecule has 8 heteroatoms. The lowest BCUT2D eigenvalue weighted by Crippen LogP contribution is -2.46. The maximum absolute atomic E-state index is 13.8. The van der Waals surface area contributed by atoms with Crippen molar-refractivity contribution in [3.63, 3.8) is 0 Å². The molecule has 5 aromatic rings. The zero-order valence-electron chi connectivity index (χ0n) is 26.4. The Balaban J connectivity index is 1.09. The number of para-hydroxylation sites is 2. The van der Waals surface area contributed by atoms with Crippen LogP contribution >= 0.6 is 0 Å². The second-order valence-corrected chi connectivity index (χ2v) is 12.5. The zero-order chi connectivity index (χ0) is 31.1. The molecule has 46 heavy (non-hydrogen) atoms. The summed E-state index contributed by atoms with van der Waals surface area (Å²) in [5, 5.41) is 9.62. The van der Waals surface area contributed by atoms with Crippen molar-refractivity contribution in [2.75, 3.05) is 37.7 Å². The van der Waals surface area contributed by atoms with Crippen molar-refractivity contribution in [1.82, 2.24) is 24.5 Å². The Labute approximate surface area is 270 Å². The van der Waals surface area contributed by atoms with Crippen LogP contribution in [0.3, 0.4) is 0 Å².